The second-order valence-corrected chi connectivity index (χ2v) is 5.82. The van der Waals surface area contributed by atoms with Crippen molar-refractivity contribution in [3.8, 4) is 0 Å². The van der Waals surface area contributed by atoms with Crippen LogP contribution >= 0.6 is 0 Å². The summed E-state index contributed by atoms with van der Waals surface area (Å²) in [6.45, 7) is 7.59. The van der Waals surface area contributed by atoms with Gasteiger partial charge in [0.1, 0.15) is 6.10 Å². The van der Waals surface area contributed by atoms with Crippen LogP contribution in [0, 0.1) is 17.8 Å². The molecule has 3 nitrogen and oxygen atoms in total. The van der Waals surface area contributed by atoms with Gasteiger partial charge in [0.05, 0.1) is 13.2 Å². The van der Waals surface area contributed by atoms with Crippen LogP contribution in [0.25, 0.3) is 0 Å². The van der Waals surface area contributed by atoms with Crippen molar-refractivity contribution >= 4 is 0 Å². The van der Waals surface area contributed by atoms with E-state index in [1.807, 2.05) is 0 Å². The van der Waals surface area contributed by atoms with E-state index in [1.165, 1.54) is 12.8 Å². The predicted molar refractivity (Wildman–Crippen MR) is 62.0 cm³/mol. The molecule has 0 unspecified atom stereocenters. The van der Waals surface area contributed by atoms with E-state index >= 15 is 0 Å². The molecule has 1 saturated heterocycles. The van der Waals surface area contributed by atoms with Gasteiger partial charge in [0.25, 0.3) is 0 Å². The monoisotopic (exact) mass is 228 g/mol. The van der Waals surface area contributed by atoms with E-state index in [0.717, 1.165) is 6.42 Å². The topological polar surface area (TPSA) is 38.7 Å². The van der Waals surface area contributed by atoms with Gasteiger partial charge in [0.15, 0.2) is 5.79 Å². The molecular weight excluding hydrogens is 204 g/mol. The van der Waals surface area contributed by atoms with E-state index in [1.54, 1.807) is 0 Å². The van der Waals surface area contributed by atoms with Gasteiger partial charge in [0, 0.05) is 12.3 Å². The highest BCUT2D eigenvalue weighted by atomic mass is 16.7. The molecule has 1 aliphatic carbocycles. The van der Waals surface area contributed by atoms with Gasteiger partial charge in [-0.3, -0.25) is 0 Å². The molecule has 1 spiro atoms. The van der Waals surface area contributed by atoms with E-state index in [9.17, 15) is 5.11 Å². The van der Waals surface area contributed by atoms with Gasteiger partial charge in [-0.25, -0.2) is 0 Å². The lowest BCUT2D eigenvalue weighted by Crippen LogP contribution is -2.55. The van der Waals surface area contributed by atoms with E-state index < -0.39 is 11.9 Å². The van der Waals surface area contributed by atoms with Crippen molar-refractivity contribution < 1.29 is 14.6 Å². The van der Waals surface area contributed by atoms with Crippen molar-refractivity contribution in [2.75, 3.05) is 13.2 Å². The SMILES string of the molecule is CC(C)[C@@H]1CC[C@@H](C)CC12OCC(O)CO2. The van der Waals surface area contributed by atoms with E-state index in [-0.39, 0.29) is 0 Å². The van der Waals surface area contributed by atoms with E-state index in [2.05, 4.69) is 20.8 Å². The lowest BCUT2D eigenvalue weighted by atomic mass is 9.72. The largest absolute Gasteiger partial charge is 0.388 e. The van der Waals surface area contributed by atoms with Crippen molar-refractivity contribution in [3.05, 3.63) is 0 Å². The molecule has 1 N–H and O–H groups in total. The number of aliphatic hydroxyl groups is 1. The third-order valence-corrected chi connectivity index (χ3v) is 4.01. The second kappa shape index (κ2) is 4.63. The molecule has 0 aromatic carbocycles. The lowest BCUT2D eigenvalue weighted by molar-refractivity contribution is -0.336. The fourth-order valence-electron chi connectivity index (χ4n) is 3.16. The summed E-state index contributed by atoms with van der Waals surface area (Å²) >= 11 is 0. The van der Waals surface area contributed by atoms with Gasteiger partial charge in [-0.1, -0.05) is 27.2 Å². The lowest BCUT2D eigenvalue weighted by Gasteiger charge is -2.50. The van der Waals surface area contributed by atoms with Gasteiger partial charge >= 0.3 is 0 Å². The van der Waals surface area contributed by atoms with Gasteiger partial charge in [-0.15, -0.1) is 0 Å². The van der Waals surface area contributed by atoms with Crippen LogP contribution in [0.2, 0.25) is 0 Å². The molecule has 1 heterocycles. The summed E-state index contributed by atoms with van der Waals surface area (Å²) in [6, 6.07) is 0. The number of aliphatic hydroxyl groups excluding tert-OH is 1. The zero-order chi connectivity index (χ0) is 11.8. The smallest absolute Gasteiger partial charge is 0.171 e. The maximum absolute atomic E-state index is 9.46. The molecule has 16 heavy (non-hydrogen) atoms. The van der Waals surface area contributed by atoms with E-state index in [4.69, 9.17) is 9.47 Å². The fourth-order valence-corrected chi connectivity index (χ4v) is 3.16. The Morgan fingerprint density at radius 3 is 2.38 bits per heavy atom. The molecule has 3 heteroatoms. The van der Waals surface area contributed by atoms with E-state index in [0.29, 0.717) is 31.0 Å². The Kier molecular flexibility index (Phi) is 3.57. The van der Waals surface area contributed by atoms with Crippen molar-refractivity contribution in [3.63, 3.8) is 0 Å². The maximum atomic E-state index is 9.46. The Balaban J connectivity index is 2.12. The minimum Gasteiger partial charge on any atom is -0.388 e. The Bertz CT molecular complexity index is 231. The molecule has 0 aromatic heterocycles. The number of ether oxygens (including phenoxy) is 2. The summed E-state index contributed by atoms with van der Waals surface area (Å²) < 4.78 is 11.8. The number of rotatable bonds is 1. The van der Waals surface area contributed by atoms with Crippen LogP contribution in [0.15, 0.2) is 0 Å². The maximum Gasteiger partial charge on any atom is 0.171 e. The Hall–Kier alpha value is -0.120. The quantitative estimate of drug-likeness (QED) is 0.747. The first kappa shape index (κ1) is 12.3. The summed E-state index contributed by atoms with van der Waals surface area (Å²) in [4.78, 5) is 0. The zero-order valence-electron chi connectivity index (χ0n) is 10.6. The highest BCUT2D eigenvalue weighted by molar-refractivity contribution is 4.90. The van der Waals surface area contributed by atoms with Crippen LogP contribution in [0.5, 0.6) is 0 Å². The van der Waals surface area contributed by atoms with Crippen molar-refractivity contribution in [1.29, 1.82) is 0 Å². The van der Waals surface area contributed by atoms with Crippen molar-refractivity contribution in [1.82, 2.24) is 0 Å². The van der Waals surface area contributed by atoms with Crippen molar-refractivity contribution in [2.45, 2.75) is 51.9 Å². The van der Waals surface area contributed by atoms with Crippen LogP contribution in [0.3, 0.4) is 0 Å². The van der Waals surface area contributed by atoms with Gasteiger partial charge in [-0.05, 0) is 18.3 Å². The molecule has 1 aliphatic heterocycles. The molecule has 0 bridgehead atoms. The fraction of sp³-hybridized carbons (Fsp3) is 1.00. The van der Waals surface area contributed by atoms with Crippen LogP contribution in [-0.4, -0.2) is 30.2 Å². The number of hydrogen-bond acceptors (Lipinski definition) is 3. The molecule has 0 amide bonds. The number of hydrogen-bond donors (Lipinski definition) is 1. The summed E-state index contributed by atoms with van der Waals surface area (Å²) in [5, 5.41) is 9.46. The Morgan fingerprint density at radius 2 is 1.81 bits per heavy atom. The molecule has 94 valence electrons. The summed E-state index contributed by atoms with van der Waals surface area (Å²) in [6.07, 6.45) is 2.97. The molecule has 2 aliphatic rings. The van der Waals surface area contributed by atoms with Gasteiger partial charge in [-0.2, -0.15) is 0 Å². The molecule has 0 radical (unpaired) electrons. The first-order chi connectivity index (χ1) is 7.53. The summed E-state index contributed by atoms with van der Waals surface area (Å²) in [5.41, 5.74) is 0. The minimum absolute atomic E-state index is 0.412. The molecular formula is C13H24O3. The predicted octanol–water partition coefficient (Wildman–Crippen LogP) is 2.18. The highest BCUT2D eigenvalue weighted by Gasteiger charge is 2.48. The molecule has 2 rings (SSSR count). The third kappa shape index (κ3) is 2.27. The van der Waals surface area contributed by atoms with Gasteiger partial charge in [0.2, 0.25) is 0 Å². The summed E-state index contributed by atoms with van der Waals surface area (Å²) in [5.74, 6) is 1.29. The minimum atomic E-state index is -0.448. The van der Waals surface area contributed by atoms with Crippen LogP contribution in [-0.2, 0) is 9.47 Å². The summed E-state index contributed by atoms with van der Waals surface area (Å²) in [7, 11) is 0. The average Bonchev–Trinajstić information content (AvgIpc) is 2.22. The normalized spacial score (nSPS) is 45.2. The first-order valence-corrected chi connectivity index (χ1v) is 6.49. The average molecular weight is 228 g/mol. The van der Waals surface area contributed by atoms with Crippen LogP contribution < -0.4 is 0 Å². The molecule has 2 atom stereocenters. The van der Waals surface area contributed by atoms with Crippen LogP contribution in [0.1, 0.15) is 40.0 Å². The van der Waals surface area contributed by atoms with Crippen molar-refractivity contribution in [2.24, 2.45) is 17.8 Å². The Morgan fingerprint density at radius 1 is 1.19 bits per heavy atom. The zero-order valence-corrected chi connectivity index (χ0v) is 10.6. The van der Waals surface area contributed by atoms with Crippen LogP contribution in [0.4, 0.5) is 0 Å². The molecule has 0 aromatic rings. The third-order valence-electron chi connectivity index (χ3n) is 4.01. The second-order valence-electron chi connectivity index (χ2n) is 5.82. The first-order valence-electron chi connectivity index (χ1n) is 6.49. The Labute approximate surface area is 98.1 Å². The standard InChI is InChI=1S/C13H24O3/c1-9(2)12-5-4-10(3)6-13(12)15-7-11(14)8-16-13/h9-12,14H,4-8H2,1-3H3/t10-,11?,12+,13?/m1/s1. The molecule has 1 saturated carbocycles. The highest BCUT2D eigenvalue weighted by Crippen LogP contribution is 2.45. The van der Waals surface area contributed by atoms with Gasteiger partial charge < -0.3 is 14.6 Å². The molecule has 2 fully saturated rings.